The molecule has 0 spiro atoms. The van der Waals surface area contributed by atoms with Crippen LogP contribution in [-0.4, -0.2) is 55.4 Å². The number of nitrogens with zero attached hydrogens (tertiary/aromatic N) is 2. The smallest absolute Gasteiger partial charge is 0.246 e. The molecule has 1 fully saturated rings. The van der Waals surface area contributed by atoms with Gasteiger partial charge in [-0.15, -0.1) is 24.0 Å². The first-order valence-electron chi connectivity index (χ1n) is 10.8. The second-order valence-corrected chi connectivity index (χ2v) is 7.64. The lowest BCUT2D eigenvalue weighted by molar-refractivity contribution is -0.127. The predicted octanol–water partition coefficient (Wildman–Crippen LogP) is 2.89. The standard InChI is InChI=1S/C24H31N5O2.HI/c1-2-25-24(27-17-22(30)28-21-11-7-4-8-12-21)26-16-20-15-23(31)29(18-20)14-13-19-9-5-3-6-10-19;/h3-12,20H,2,13-18H2,1H3,(H,28,30)(H2,25,26,27);1H. The van der Waals surface area contributed by atoms with Gasteiger partial charge in [0, 0.05) is 44.2 Å². The largest absolute Gasteiger partial charge is 0.357 e. The van der Waals surface area contributed by atoms with Crippen LogP contribution in [0.15, 0.2) is 65.7 Å². The lowest BCUT2D eigenvalue weighted by atomic mass is 10.1. The molecule has 1 unspecified atom stereocenters. The van der Waals surface area contributed by atoms with Crippen molar-refractivity contribution in [2.45, 2.75) is 19.8 Å². The highest BCUT2D eigenvalue weighted by Gasteiger charge is 2.29. The van der Waals surface area contributed by atoms with Gasteiger partial charge in [0.05, 0.1) is 0 Å². The van der Waals surface area contributed by atoms with E-state index in [-0.39, 0.29) is 48.3 Å². The first-order valence-corrected chi connectivity index (χ1v) is 10.8. The summed E-state index contributed by atoms with van der Waals surface area (Å²) in [4.78, 5) is 30.8. The molecule has 32 heavy (non-hydrogen) atoms. The molecule has 1 saturated heterocycles. The van der Waals surface area contributed by atoms with Crippen LogP contribution in [0.3, 0.4) is 0 Å². The maximum absolute atomic E-state index is 12.4. The molecule has 0 saturated carbocycles. The summed E-state index contributed by atoms with van der Waals surface area (Å²) in [5, 5.41) is 9.25. The van der Waals surface area contributed by atoms with Gasteiger partial charge in [0.2, 0.25) is 11.8 Å². The Morgan fingerprint density at radius 1 is 1.06 bits per heavy atom. The highest BCUT2D eigenvalue weighted by Crippen LogP contribution is 2.17. The molecule has 7 nitrogen and oxygen atoms in total. The third kappa shape index (κ3) is 8.49. The number of nitrogens with one attached hydrogen (secondary N) is 3. The van der Waals surface area contributed by atoms with Gasteiger partial charge < -0.3 is 20.9 Å². The number of benzene rings is 2. The number of para-hydroxylation sites is 1. The number of rotatable bonds is 9. The summed E-state index contributed by atoms with van der Waals surface area (Å²) < 4.78 is 0. The molecular formula is C24H32IN5O2. The number of aliphatic imine (C=N–C) groups is 1. The van der Waals surface area contributed by atoms with Gasteiger partial charge in [-0.2, -0.15) is 0 Å². The number of amides is 2. The van der Waals surface area contributed by atoms with E-state index in [1.165, 1.54) is 5.56 Å². The zero-order chi connectivity index (χ0) is 21.9. The van der Waals surface area contributed by atoms with Crippen molar-refractivity contribution in [1.82, 2.24) is 15.5 Å². The van der Waals surface area contributed by atoms with E-state index in [4.69, 9.17) is 0 Å². The summed E-state index contributed by atoms with van der Waals surface area (Å²) in [6.07, 6.45) is 1.41. The fourth-order valence-electron chi connectivity index (χ4n) is 3.57. The van der Waals surface area contributed by atoms with Crippen LogP contribution in [-0.2, 0) is 16.0 Å². The van der Waals surface area contributed by atoms with Gasteiger partial charge in [-0.05, 0) is 31.0 Å². The van der Waals surface area contributed by atoms with Crippen LogP contribution in [0.4, 0.5) is 5.69 Å². The Labute approximate surface area is 207 Å². The van der Waals surface area contributed by atoms with Crippen molar-refractivity contribution in [3.8, 4) is 0 Å². The van der Waals surface area contributed by atoms with Crippen LogP contribution in [0, 0.1) is 5.92 Å². The number of hydrogen-bond acceptors (Lipinski definition) is 3. The Kier molecular flexibility index (Phi) is 11.0. The molecule has 0 bridgehead atoms. The summed E-state index contributed by atoms with van der Waals surface area (Å²) >= 11 is 0. The average Bonchev–Trinajstić information content (AvgIpc) is 3.15. The first-order chi connectivity index (χ1) is 15.1. The normalized spacial score (nSPS) is 15.8. The third-order valence-electron chi connectivity index (χ3n) is 5.15. The summed E-state index contributed by atoms with van der Waals surface area (Å²) in [7, 11) is 0. The Morgan fingerprint density at radius 3 is 2.44 bits per heavy atom. The van der Waals surface area contributed by atoms with Crippen LogP contribution in [0.5, 0.6) is 0 Å². The molecule has 1 heterocycles. The number of halogens is 1. The topological polar surface area (TPSA) is 85.8 Å². The van der Waals surface area contributed by atoms with E-state index in [0.717, 1.165) is 25.2 Å². The molecule has 1 atom stereocenters. The van der Waals surface area contributed by atoms with Gasteiger partial charge in [-0.1, -0.05) is 48.5 Å². The minimum atomic E-state index is -0.175. The van der Waals surface area contributed by atoms with Gasteiger partial charge >= 0.3 is 0 Å². The van der Waals surface area contributed by atoms with E-state index in [9.17, 15) is 9.59 Å². The van der Waals surface area contributed by atoms with Gasteiger partial charge in [0.25, 0.3) is 0 Å². The van der Waals surface area contributed by atoms with Crippen LogP contribution in [0.2, 0.25) is 0 Å². The van der Waals surface area contributed by atoms with E-state index in [0.29, 0.717) is 25.5 Å². The third-order valence-corrected chi connectivity index (χ3v) is 5.15. The maximum Gasteiger partial charge on any atom is 0.246 e. The van der Waals surface area contributed by atoms with Crippen molar-refractivity contribution in [2.75, 3.05) is 38.0 Å². The molecule has 1 aliphatic rings. The van der Waals surface area contributed by atoms with Crippen LogP contribution in [0.1, 0.15) is 18.9 Å². The van der Waals surface area contributed by atoms with Gasteiger partial charge in [0.1, 0.15) is 6.54 Å². The molecule has 3 N–H and O–H groups in total. The van der Waals surface area contributed by atoms with Gasteiger partial charge in [0.15, 0.2) is 5.96 Å². The van der Waals surface area contributed by atoms with Gasteiger partial charge in [-0.25, -0.2) is 4.99 Å². The highest BCUT2D eigenvalue weighted by molar-refractivity contribution is 14.0. The summed E-state index contributed by atoms with van der Waals surface area (Å²) in [6.45, 7) is 4.82. The van der Waals surface area contributed by atoms with Crippen molar-refractivity contribution in [3.05, 3.63) is 66.2 Å². The lowest BCUT2D eigenvalue weighted by Gasteiger charge is -2.18. The minimum Gasteiger partial charge on any atom is -0.357 e. The summed E-state index contributed by atoms with van der Waals surface area (Å²) in [5.74, 6) is 0.838. The number of guanidine groups is 1. The number of anilines is 1. The Balaban J connectivity index is 0.00000363. The zero-order valence-electron chi connectivity index (χ0n) is 18.4. The molecule has 2 aromatic rings. The Morgan fingerprint density at radius 2 is 1.75 bits per heavy atom. The van der Waals surface area contributed by atoms with Crippen molar-refractivity contribution < 1.29 is 9.59 Å². The van der Waals surface area contributed by atoms with Crippen molar-refractivity contribution in [3.63, 3.8) is 0 Å². The van der Waals surface area contributed by atoms with Crippen LogP contribution < -0.4 is 16.0 Å². The van der Waals surface area contributed by atoms with Crippen molar-refractivity contribution in [1.29, 1.82) is 0 Å². The summed E-state index contributed by atoms with van der Waals surface area (Å²) in [6, 6.07) is 19.5. The first kappa shape index (κ1) is 25.6. The van der Waals surface area contributed by atoms with Crippen molar-refractivity contribution in [2.24, 2.45) is 10.9 Å². The molecule has 0 radical (unpaired) electrons. The molecule has 0 aliphatic carbocycles. The van der Waals surface area contributed by atoms with E-state index in [1.807, 2.05) is 60.4 Å². The lowest BCUT2D eigenvalue weighted by Crippen LogP contribution is -2.41. The molecule has 8 heteroatoms. The van der Waals surface area contributed by atoms with Crippen molar-refractivity contribution >= 4 is 47.4 Å². The van der Waals surface area contributed by atoms with Crippen LogP contribution in [0.25, 0.3) is 0 Å². The Hall–Kier alpha value is -2.62. The molecule has 3 rings (SSSR count). The van der Waals surface area contributed by atoms with E-state index < -0.39 is 0 Å². The monoisotopic (exact) mass is 549 g/mol. The quantitative estimate of drug-likeness (QED) is 0.255. The van der Waals surface area contributed by atoms with Gasteiger partial charge in [-0.3, -0.25) is 9.59 Å². The fraction of sp³-hybridized carbons (Fsp3) is 0.375. The zero-order valence-corrected chi connectivity index (χ0v) is 20.8. The second-order valence-electron chi connectivity index (χ2n) is 7.64. The average molecular weight is 549 g/mol. The molecule has 0 aromatic heterocycles. The molecule has 1 aliphatic heterocycles. The second kappa shape index (κ2) is 13.7. The van der Waals surface area contributed by atoms with E-state index >= 15 is 0 Å². The maximum atomic E-state index is 12.4. The van der Waals surface area contributed by atoms with Crippen LogP contribution >= 0.6 is 24.0 Å². The number of carbonyl (C=O) groups is 2. The van der Waals surface area contributed by atoms with E-state index in [2.05, 4.69) is 33.1 Å². The number of carbonyl (C=O) groups excluding carboxylic acids is 2. The highest BCUT2D eigenvalue weighted by atomic mass is 127. The Bertz CT molecular complexity index is 876. The predicted molar refractivity (Wildman–Crippen MR) is 139 cm³/mol. The number of hydrogen-bond donors (Lipinski definition) is 3. The molecule has 172 valence electrons. The van der Waals surface area contributed by atoms with E-state index in [1.54, 1.807) is 0 Å². The molecule has 2 amide bonds. The summed E-state index contributed by atoms with van der Waals surface area (Å²) in [5.41, 5.74) is 1.99. The SMILES string of the molecule is CCNC(=NCC(=O)Nc1ccccc1)NCC1CC(=O)N(CCc2ccccc2)C1.I. The minimum absolute atomic E-state index is 0. The molecular weight excluding hydrogens is 517 g/mol. The molecule has 2 aromatic carbocycles. The fourth-order valence-corrected chi connectivity index (χ4v) is 3.57. The number of likely N-dealkylation sites (tertiary alicyclic amines) is 1.